The van der Waals surface area contributed by atoms with Gasteiger partial charge in [0.2, 0.25) is 0 Å². The van der Waals surface area contributed by atoms with E-state index >= 15 is 0 Å². The molecular formula is C34H36N2O5S. The summed E-state index contributed by atoms with van der Waals surface area (Å²) in [5.74, 6) is 1.10. The van der Waals surface area contributed by atoms with Gasteiger partial charge >= 0.3 is 0 Å². The lowest BCUT2D eigenvalue weighted by molar-refractivity contribution is -0.134. The lowest BCUT2D eigenvalue weighted by Gasteiger charge is -2.31. The molecule has 218 valence electrons. The van der Waals surface area contributed by atoms with Crippen molar-refractivity contribution in [3.63, 3.8) is 0 Å². The lowest BCUT2D eigenvalue weighted by Crippen LogP contribution is -2.43. The van der Waals surface area contributed by atoms with Crippen molar-refractivity contribution < 1.29 is 22.7 Å². The molecule has 0 saturated heterocycles. The Bertz CT molecular complexity index is 1610. The summed E-state index contributed by atoms with van der Waals surface area (Å²) in [6, 6.07) is 23.6. The lowest BCUT2D eigenvalue weighted by atomic mass is 9.77. The van der Waals surface area contributed by atoms with Crippen LogP contribution in [-0.2, 0) is 14.6 Å². The van der Waals surface area contributed by atoms with E-state index in [9.17, 15) is 13.2 Å². The topological polar surface area (TPSA) is 85.3 Å². The standard InChI is InChI=1S/C34H36N2O5S/c1-3-40-27-17-13-24(14-18-27)23-26-9-8-12-30-31(26)35-36(32(30)25-15-19-28(20-16-25)41-4-2)33(37)34(21-22-34)42(38,39)29-10-6-5-7-11-29/h5-7,10-11,13-20,23,30,32H,3-4,8-9,12,21-22H2,1-2H3/b26-23-. The number of carbonyl (C=O) groups is 1. The third-order valence-corrected chi connectivity index (χ3v) is 10.9. The molecule has 0 radical (unpaired) electrons. The normalized spacial score (nSPS) is 21.9. The van der Waals surface area contributed by atoms with Crippen LogP contribution in [0.3, 0.4) is 0 Å². The van der Waals surface area contributed by atoms with Gasteiger partial charge in [-0.3, -0.25) is 4.79 Å². The SMILES string of the molecule is CCOc1ccc(/C=C2/CCCC3C2=NN(C(=O)C2(S(=O)(=O)c4ccccc4)CC2)C3c2ccc(OCC)cc2)cc1. The van der Waals surface area contributed by atoms with Gasteiger partial charge in [-0.05, 0) is 105 Å². The van der Waals surface area contributed by atoms with Crippen LogP contribution in [0.25, 0.3) is 6.08 Å². The third kappa shape index (κ3) is 5.02. The van der Waals surface area contributed by atoms with Crippen LogP contribution in [0.15, 0.2) is 94.4 Å². The summed E-state index contributed by atoms with van der Waals surface area (Å²) in [5, 5.41) is 6.48. The molecule has 0 spiro atoms. The maximum atomic E-state index is 14.4. The molecule has 3 aliphatic rings. The van der Waals surface area contributed by atoms with Crippen molar-refractivity contribution >= 4 is 27.5 Å². The van der Waals surface area contributed by atoms with Gasteiger partial charge in [-0.15, -0.1) is 0 Å². The maximum absolute atomic E-state index is 14.4. The highest BCUT2D eigenvalue weighted by Gasteiger charge is 2.64. The van der Waals surface area contributed by atoms with Crippen LogP contribution in [0.4, 0.5) is 0 Å². The van der Waals surface area contributed by atoms with Gasteiger partial charge in [0.25, 0.3) is 5.91 Å². The van der Waals surface area contributed by atoms with Crippen molar-refractivity contribution in [1.29, 1.82) is 0 Å². The minimum absolute atomic E-state index is 0.0372. The largest absolute Gasteiger partial charge is 0.494 e. The zero-order valence-corrected chi connectivity index (χ0v) is 24.8. The number of rotatable bonds is 9. The molecule has 2 saturated carbocycles. The van der Waals surface area contributed by atoms with Gasteiger partial charge in [0.1, 0.15) is 11.5 Å². The minimum Gasteiger partial charge on any atom is -0.494 e. The van der Waals surface area contributed by atoms with E-state index in [0.717, 1.165) is 53.2 Å². The molecule has 6 rings (SSSR count). The molecule has 0 N–H and O–H groups in total. The summed E-state index contributed by atoms with van der Waals surface area (Å²) < 4.78 is 37.4. The summed E-state index contributed by atoms with van der Waals surface area (Å²) >= 11 is 0. The first kappa shape index (κ1) is 28.2. The highest BCUT2D eigenvalue weighted by molar-refractivity contribution is 7.94. The van der Waals surface area contributed by atoms with E-state index in [2.05, 4.69) is 6.08 Å². The second kappa shape index (κ2) is 11.4. The molecule has 1 heterocycles. The number of fused-ring (bicyclic) bond motifs is 1. The van der Waals surface area contributed by atoms with Crippen molar-refractivity contribution in [2.24, 2.45) is 11.0 Å². The highest BCUT2D eigenvalue weighted by atomic mass is 32.2. The maximum Gasteiger partial charge on any atom is 0.265 e. The summed E-state index contributed by atoms with van der Waals surface area (Å²) in [6.45, 7) is 5.06. The number of carbonyl (C=O) groups excluding carboxylic acids is 1. The number of ether oxygens (including phenoxy) is 2. The second-order valence-corrected chi connectivity index (χ2v) is 13.3. The Morgan fingerprint density at radius 2 is 1.55 bits per heavy atom. The quantitative estimate of drug-likeness (QED) is 0.282. The van der Waals surface area contributed by atoms with Crippen LogP contribution >= 0.6 is 0 Å². The van der Waals surface area contributed by atoms with Crippen molar-refractivity contribution in [2.45, 2.75) is 61.6 Å². The third-order valence-electron chi connectivity index (χ3n) is 8.44. The van der Waals surface area contributed by atoms with Gasteiger partial charge in [-0.25, -0.2) is 13.4 Å². The molecule has 42 heavy (non-hydrogen) atoms. The Morgan fingerprint density at radius 1 is 0.929 bits per heavy atom. The van der Waals surface area contributed by atoms with Crippen molar-refractivity contribution in [1.82, 2.24) is 5.01 Å². The number of amides is 1. The molecule has 2 atom stereocenters. The van der Waals surface area contributed by atoms with Crippen molar-refractivity contribution in [2.75, 3.05) is 13.2 Å². The van der Waals surface area contributed by atoms with Gasteiger partial charge in [-0.2, -0.15) is 5.10 Å². The Kier molecular flexibility index (Phi) is 7.66. The van der Waals surface area contributed by atoms with Crippen LogP contribution in [0.2, 0.25) is 0 Å². The first-order valence-electron chi connectivity index (χ1n) is 14.8. The minimum atomic E-state index is -3.89. The Hall–Kier alpha value is -3.91. The smallest absolute Gasteiger partial charge is 0.265 e. The second-order valence-electron chi connectivity index (χ2n) is 11.1. The molecular weight excluding hydrogens is 548 g/mol. The first-order valence-corrected chi connectivity index (χ1v) is 16.2. The predicted molar refractivity (Wildman–Crippen MR) is 163 cm³/mol. The van der Waals surface area contributed by atoms with Gasteiger partial charge in [0, 0.05) is 5.92 Å². The number of nitrogens with zero attached hydrogens (tertiary/aromatic N) is 2. The highest BCUT2D eigenvalue weighted by Crippen LogP contribution is 2.52. The van der Waals surface area contributed by atoms with Crippen LogP contribution in [0, 0.1) is 5.92 Å². The van der Waals surface area contributed by atoms with Crippen LogP contribution in [0.5, 0.6) is 11.5 Å². The Morgan fingerprint density at radius 3 is 2.14 bits per heavy atom. The zero-order valence-electron chi connectivity index (χ0n) is 24.0. The molecule has 2 aliphatic carbocycles. The molecule has 1 amide bonds. The van der Waals surface area contributed by atoms with Gasteiger partial charge in [0.05, 0.1) is 29.9 Å². The van der Waals surface area contributed by atoms with E-state index in [4.69, 9.17) is 14.6 Å². The van der Waals surface area contributed by atoms with E-state index in [-0.39, 0.29) is 10.8 Å². The van der Waals surface area contributed by atoms with E-state index in [1.807, 2.05) is 62.4 Å². The molecule has 1 aliphatic heterocycles. The molecule has 7 nitrogen and oxygen atoms in total. The van der Waals surface area contributed by atoms with Crippen LogP contribution < -0.4 is 9.47 Å². The van der Waals surface area contributed by atoms with Crippen molar-refractivity contribution in [3.8, 4) is 11.5 Å². The van der Waals surface area contributed by atoms with E-state index in [1.165, 1.54) is 5.01 Å². The number of sulfone groups is 1. The Labute approximate surface area is 247 Å². The van der Waals surface area contributed by atoms with Crippen molar-refractivity contribution in [3.05, 3.63) is 95.6 Å². The number of allylic oxidation sites excluding steroid dienone is 1. The van der Waals surface area contributed by atoms with Gasteiger partial charge in [0.15, 0.2) is 14.6 Å². The van der Waals surface area contributed by atoms with Gasteiger partial charge < -0.3 is 9.47 Å². The molecule has 3 aromatic carbocycles. The number of hydrogen-bond acceptors (Lipinski definition) is 6. The zero-order chi connectivity index (χ0) is 29.3. The van der Waals surface area contributed by atoms with Crippen LogP contribution in [0.1, 0.15) is 63.1 Å². The molecule has 3 aromatic rings. The Balaban J connectivity index is 1.40. The summed E-state index contributed by atoms with van der Waals surface area (Å²) in [5.41, 5.74) is 3.91. The van der Waals surface area contributed by atoms with E-state index in [1.54, 1.807) is 30.3 Å². The molecule has 2 fully saturated rings. The van der Waals surface area contributed by atoms with E-state index < -0.39 is 26.5 Å². The fourth-order valence-corrected chi connectivity index (χ4v) is 8.13. The average molecular weight is 585 g/mol. The number of hydrogen-bond donors (Lipinski definition) is 0. The number of benzene rings is 3. The molecule has 0 aromatic heterocycles. The summed E-state index contributed by atoms with van der Waals surface area (Å²) in [7, 11) is -3.89. The summed E-state index contributed by atoms with van der Waals surface area (Å²) in [6.07, 6.45) is 5.38. The monoisotopic (exact) mass is 584 g/mol. The summed E-state index contributed by atoms with van der Waals surface area (Å²) in [4.78, 5) is 14.6. The molecule has 8 heteroatoms. The van der Waals surface area contributed by atoms with Crippen LogP contribution in [-0.4, -0.2) is 43.0 Å². The fraction of sp³-hybridized carbons (Fsp3) is 0.353. The first-order chi connectivity index (χ1) is 20.4. The molecule has 0 bridgehead atoms. The predicted octanol–water partition coefficient (Wildman–Crippen LogP) is 6.61. The molecule has 2 unspecified atom stereocenters. The van der Waals surface area contributed by atoms with Gasteiger partial charge in [-0.1, -0.05) is 42.5 Å². The number of hydrazone groups is 1. The average Bonchev–Trinajstić information content (AvgIpc) is 3.75. The fourth-order valence-electron chi connectivity index (χ4n) is 6.20. The van der Waals surface area contributed by atoms with E-state index in [0.29, 0.717) is 26.1 Å².